The number of amides is 2. The van der Waals surface area contributed by atoms with E-state index in [1.165, 1.54) is 12.8 Å². The molecule has 3 N–H and O–H groups in total. The predicted molar refractivity (Wildman–Crippen MR) is 99.3 cm³/mol. The number of hydrogen-bond donors (Lipinski definition) is 3. The van der Waals surface area contributed by atoms with Crippen molar-refractivity contribution in [1.29, 1.82) is 0 Å². The van der Waals surface area contributed by atoms with Crippen LogP contribution in [-0.4, -0.2) is 43.7 Å². The fraction of sp³-hybridized carbons (Fsp3) is 0.556. The predicted octanol–water partition coefficient (Wildman–Crippen LogP) is 2.10. The van der Waals surface area contributed by atoms with Gasteiger partial charge < -0.3 is 20.7 Å². The number of halogens is 1. The van der Waals surface area contributed by atoms with Crippen molar-refractivity contribution >= 4 is 29.9 Å². The number of benzene rings is 1. The number of hydrogen-bond acceptors (Lipinski definition) is 4. The van der Waals surface area contributed by atoms with Crippen molar-refractivity contribution in [1.82, 2.24) is 10.6 Å². The van der Waals surface area contributed by atoms with Gasteiger partial charge in [0.2, 0.25) is 5.91 Å². The van der Waals surface area contributed by atoms with Gasteiger partial charge in [0.15, 0.2) is 0 Å². The molecule has 1 aliphatic heterocycles. The first-order valence-corrected chi connectivity index (χ1v) is 8.72. The lowest BCUT2D eigenvalue weighted by molar-refractivity contribution is -0.117. The van der Waals surface area contributed by atoms with Gasteiger partial charge in [-0.15, -0.1) is 12.4 Å². The van der Waals surface area contributed by atoms with Crippen molar-refractivity contribution in [2.24, 2.45) is 0 Å². The maximum absolute atomic E-state index is 12.2. The molecule has 1 unspecified atom stereocenters. The third-order valence-corrected chi connectivity index (χ3v) is 4.55. The fourth-order valence-corrected chi connectivity index (χ4v) is 3.23. The molecule has 3 rings (SSSR count). The van der Waals surface area contributed by atoms with Crippen molar-refractivity contribution in [2.75, 3.05) is 25.1 Å². The van der Waals surface area contributed by atoms with Crippen LogP contribution in [0.2, 0.25) is 0 Å². The Morgan fingerprint density at radius 1 is 1.16 bits per heavy atom. The normalized spacial score (nSPS) is 20.6. The molecule has 0 spiro atoms. The Morgan fingerprint density at radius 3 is 2.52 bits per heavy atom. The zero-order valence-corrected chi connectivity index (χ0v) is 15.1. The fourth-order valence-electron chi connectivity index (χ4n) is 3.23. The van der Waals surface area contributed by atoms with E-state index in [2.05, 4.69) is 16.0 Å². The van der Waals surface area contributed by atoms with Gasteiger partial charge in [0.1, 0.15) is 0 Å². The van der Waals surface area contributed by atoms with E-state index in [-0.39, 0.29) is 30.3 Å². The lowest BCUT2D eigenvalue weighted by Crippen LogP contribution is -2.43. The molecule has 1 aliphatic carbocycles. The van der Waals surface area contributed by atoms with Gasteiger partial charge in [-0.2, -0.15) is 0 Å². The molecule has 1 heterocycles. The van der Waals surface area contributed by atoms with Crippen LogP contribution < -0.4 is 16.0 Å². The van der Waals surface area contributed by atoms with Gasteiger partial charge in [-0.3, -0.25) is 9.59 Å². The Balaban J connectivity index is 0.00000225. The van der Waals surface area contributed by atoms with Gasteiger partial charge >= 0.3 is 0 Å². The Kier molecular flexibility index (Phi) is 7.68. The minimum absolute atomic E-state index is 0. The highest BCUT2D eigenvalue weighted by molar-refractivity contribution is 5.96. The van der Waals surface area contributed by atoms with Crippen molar-refractivity contribution in [3.05, 3.63) is 29.8 Å². The van der Waals surface area contributed by atoms with Gasteiger partial charge in [0.05, 0.1) is 13.2 Å². The molecular weight excluding hydrogens is 342 g/mol. The van der Waals surface area contributed by atoms with Crippen LogP contribution in [0.1, 0.15) is 42.5 Å². The van der Waals surface area contributed by atoms with E-state index >= 15 is 0 Å². The summed E-state index contributed by atoms with van der Waals surface area (Å²) >= 11 is 0. The summed E-state index contributed by atoms with van der Waals surface area (Å²) in [5, 5.41) is 9.18. The maximum Gasteiger partial charge on any atom is 0.251 e. The SMILES string of the molecule is Cl.O=C(CC1COCCN1)Nc1ccc(C(=O)NC2CCCC2)cc1. The van der Waals surface area contributed by atoms with Gasteiger partial charge in [0, 0.05) is 36.3 Å². The zero-order chi connectivity index (χ0) is 16.8. The van der Waals surface area contributed by atoms with E-state index in [9.17, 15) is 9.59 Å². The first-order chi connectivity index (χ1) is 11.7. The summed E-state index contributed by atoms with van der Waals surface area (Å²) in [4.78, 5) is 24.2. The van der Waals surface area contributed by atoms with Crippen molar-refractivity contribution in [3.8, 4) is 0 Å². The van der Waals surface area contributed by atoms with Gasteiger partial charge in [-0.1, -0.05) is 12.8 Å². The van der Waals surface area contributed by atoms with Crippen LogP contribution >= 0.6 is 12.4 Å². The summed E-state index contributed by atoms with van der Waals surface area (Å²) in [5.41, 5.74) is 1.33. The van der Waals surface area contributed by atoms with Crippen LogP contribution in [0.5, 0.6) is 0 Å². The van der Waals surface area contributed by atoms with Gasteiger partial charge in [-0.05, 0) is 37.1 Å². The Bertz CT molecular complexity index is 567. The molecule has 25 heavy (non-hydrogen) atoms. The van der Waals surface area contributed by atoms with E-state index in [4.69, 9.17) is 4.74 Å². The monoisotopic (exact) mass is 367 g/mol. The van der Waals surface area contributed by atoms with E-state index in [0.29, 0.717) is 36.9 Å². The van der Waals surface area contributed by atoms with Gasteiger partial charge in [-0.25, -0.2) is 0 Å². The molecule has 0 radical (unpaired) electrons. The molecule has 2 amide bonds. The third kappa shape index (κ3) is 5.99. The average Bonchev–Trinajstić information content (AvgIpc) is 3.09. The standard InChI is InChI=1S/C18H25N3O3.ClH/c22-17(11-16-12-24-10-9-19-16)20-15-7-5-13(6-8-15)18(23)21-14-3-1-2-4-14;/h5-8,14,16,19H,1-4,9-12H2,(H,20,22)(H,21,23);1H. The molecule has 6 nitrogen and oxygen atoms in total. The zero-order valence-electron chi connectivity index (χ0n) is 14.3. The van der Waals surface area contributed by atoms with Crippen LogP contribution in [-0.2, 0) is 9.53 Å². The summed E-state index contributed by atoms with van der Waals surface area (Å²) in [6.07, 6.45) is 4.90. The maximum atomic E-state index is 12.2. The second-order valence-electron chi connectivity index (χ2n) is 6.51. The Morgan fingerprint density at radius 2 is 1.88 bits per heavy atom. The van der Waals surface area contributed by atoms with E-state index < -0.39 is 0 Å². The van der Waals surface area contributed by atoms with Crippen molar-refractivity contribution in [3.63, 3.8) is 0 Å². The number of anilines is 1. The van der Waals surface area contributed by atoms with Crippen molar-refractivity contribution < 1.29 is 14.3 Å². The average molecular weight is 368 g/mol. The van der Waals surface area contributed by atoms with Crippen LogP contribution in [0.3, 0.4) is 0 Å². The first kappa shape index (κ1) is 19.7. The number of rotatable bonds is 5. The smallest absolute Gasteiger partial charge is 0.251 e. The minimum Gasteiger partial charge on any atom is -0.378 e. The quantitative estimate of drug-likeness (QED) is 0.744. The molecule has 138 valence electrons. The topological polar surface area (TPSA) is 79.5 Å². The summed E-state index contributed by atoms with van der Waals surface area (Å²) in [7, 11) is 0. The largest absolute Gasteiger partial charge is 0.378 e. The number of nitrogens with one attached hydrogen (secondary N) is 3. The van der Waals surface area contributed by atoms with Gasteiger partial charge in [0.25, 0.3) is 5.91 Å². The molecule has 2 aliphatic rings. The van der Waals surface area contributed by atoms with Crippen molar-refractivity contribution in [2.45, 2.75) is 44.2 Å². The molecule has 1 saturated heterocycles. The molecule has 1 atom stereocenters. The Labute approximate surface area is 154 Å². The molecule has 1 aromatic carbocycles. The third-order valence-electron chi connectivity index (χ3n) is 4.55. The van der Waals surface area contributed by atoms with Crippen LogP contribution in [0.15, 0.2) is 24.3 Å². The number of carbonyl (C=O) groups excluding carboxylic acids is 2. The highest BCUT2D eigenvalue weighted by Gasteiger charge is 2.19. The molecule has 1 aromatic rings. The van der Waals surface area contributed by atoms with Crippen LogP contribution in [0.4, 0.5) is 5.69 Å². The highest BCUT2D eigenvalue weighted by atomic mass is 35.5. The molecule has 1 saturated carbocycles. The summed E-state index contributed by atoms with van der Waals surface area (Å²) in [6.45, 7) is 2.04. The molecule has 7 heteroatoms. The Hall–Kier alpha value is -1.63. The van der Waals surface area contributed by atoms with E-state index in [1.807, 2.05) is 0 Å². The highest BCUT2D eigenvalue weighted by Crippen LogP contribution is 2.18. The number of ether oxygens (including phenoxy) is 1. The summed E-state index contributed by atoms with van der Waals surface area (Å²) in [5.74, 6) is -0.0931. The number of morpholine rings is 1. The second kappa shape index (κ2) is 9.75. The lowest BCUT2D eigenvalue weighted by atomic mass is 10.1. The van der Waals surface area contributed by atoms with E-state index in [0.717, 1.165) is 19.4 Å². The summed E-state index contributed by atoms with van der Waals surface area (Å²) < 4.78 is 5.34. The first-order valence-electron chi connectivity index (χ1n) is 8.72. The van der Waals surface area contributed by atoms with Crippen LogP contribution in [0.25, 0.3) is 0 Å². The molecule has 0 aromatic heterocycles. The second-order valence-corrected chi connectivity index (χ2v) is 6.51. The molecule has 0 bridgehead atoms. The van der Waals surface area contributed by atoms with E-state index in [1.54, 1.807) is 24.3 Å². The lowest BCUT2D eigenvalue weighted by Gasteiger charge is -2.23. The molecular formula is C18H26ClN3O3. The number of carbonyl (C=O) groups is 2. The molecule has 2 fully saturated rings. The minimum atomic E-state index is -0.0545. The van der Waals surface area contributed by atoms with Crippen LogP contribution in [0, 0.1) is 0 Å². The summed E-state index contributed by atoms with van der Waals surface area (Å²) in [6, 6.07) is 7.42.